The van der Waals surface area contributed by atoms with Crippen molar-refractivity contribution >= 4 is 6.21 Å². The molecule has 0 saturated heterocycles. The Morgan fingerprint density at radius 3 is 2.58 bits per heavy atom. The maximum absolute atomic E-state index is 4.59. The molecule has 0 bridgehead atoms. The molecule has 0 aliphatic heterocycles. The highest BCUT2D eigenvalue weighted by Gasteiger charge is 2.12. The van der Waals surface area contributed by atoms with Crippen molar-refractivity contribution in [3.05, 3.63) is 75.7 Å². The first kappa shape index (κ1) is 20.2. The second-order valence-electron chi connectivity index (χ2n) is 8.33. The smallest absolute Gasteiger partial charge is 0.0863 e. The van der Waals surface area contributed by atoms with Gasteiger partial charge in [0.2, 0.25) is 0 Å². The lowest BCUT2D eigenvalue weighted by Crippen LogP contribution is -2.09. The molecule has 0 radical (unpaired) electrons. The minimum atomic E-state index is 0.300. The molecule has 0 spiro atoms. The zero-order chi connectivity index (χ0) is 19.2. The molecule has 138 valence electrons. The molecule has 2 rings (SSSR count). The lowest BCUT2D eigenvalue weighted by Gasteiger charge is -2.18. The lowest BCUT2D eigenvalue weighted by atomic mass is 9.87. The Bertz CT molecular complexity index is 788. The fourth-order valence-electron chi connectivity index (χ4n) is 3.44. The van der Waals surface area contributed by atoms with E-state index in [9.17, 15) is 0 Å². The molecule has 0 unspecified atom stereocenters. The quantitative estimate of drug-likeness (QED) is 0.401. The van der Waals surface area contributed by atoms with E-state index in [1.807, 2.05) is 13.1 Å². The van der Waals surface area contributed by atoms with Crippen LogP contribution in [0.1, 0.15) is 65.5 Å². The molecule has 0 fully saturated rings. The van der Waals surface area contributed by atoms with Gasteiger partial charge in [-0.3, -0.25) is 4.99 Å². The van der Waals surface area contributed by atoms with Crippen molar-refractivity contribution in [2.24, 2.45) is 10.4 Å². The third-order valence-corrected chi connectivity index (χ3v) is 4.53. The highest BCUT2D eigenvalue weighted by Crippen LogP contribution is 2.25. The molecule has 26 heavy (non-hydrogen) atoms. The van der Waals surface area contributed by atoms with Gasteiger partial charge in [-0.05, 0) is 72.4 Å². The average Bonchev–Trinajstić information content (AvgIpc) is 2.54. The number of benzene rings is 1. The van der Waals surface area contributed by atoms with Crippen LogP contribution in [0, 0.1) is 5.41 Å². The molecule has 1 nitrogen and oxygen atoms in total. The van der Waals surface area contributed by atoms with Crippen molar-refractivity contribution in [3.63, 3.8) is 0 Å². The minimum Gasteiger partial charge on any atom is -0.257 e. The lowest BCUT2D eigenvalue weighted by molar-refractivity contribution is 0.411. The van der Waals surface area contributed by atoms with Crippen LogP contribution in [0.3, 0.4) is 0 Å². The molecule has 1 aliphatic rings. The molecule has 0 heterocycles. The average molecular weight is 348 g/mol. The van der Waals surface area contributed by atoms with Gasteiger partial charge in [0.15, 0.2) is 0 Å². The van der Waals surface area contributed by atoms with Crippen LogP contribution in [-0.4, -0.2) is 6.21 Å². The standard InChI is InChI=1S/C25H33N/c1-7-23-13-12-21(14-19(23)3)17-24(26-8-2)16-20-10-9-11-22(15-20)18-25(4,5)6/h8-11,13-15H,7,12,16,18H2,1-6H3/b26-8-. The molecule has 1 aliphatic carbocycles. The Labute approximate surface area is 159 Å². The molecule has 1 aromatic rings. The Balaban J connectivity index is 2.29. The van der Waals surface area contributed by atoms with Crippen LogP contribution in [0.5, 0.6) is 0 Å². The molecule has 0 N–H and O–H groups in total. The van der Waals surface area contributed by atoms with Gasteiger partial charge in [-0.1, -0.05) is 63.8 Å². The van der Waals surface area contributed by atoms with Crippen molar-refractivity contribution in [2.75, 3.05) is 0 Å². The van der Waals surface area contributed by atoms with Gasteiger partial charge < -0.3 is 0 Å². The summed E-state index contributed by atoms with van der Waals surface area (Å²) in [5.74, 6) is 0. The third-order valence-electron chi connectivity index (χ3n) is 4.53. The largest absolute Gasteiger partial charge is 0.257 e. The zero-order valence-electron chi connectivity index (χ0n) is 17.3. The van der Waals surface area contributed by atoms with Crippen molar-refractivity contribution in [3.8, 4) is 0 Å². The first-order chi connectivity index (χ1) is 12.3. The van der Waals surface area contributed by atoms with Gasteiger partial charge in [0, 0.05) is 12.6 Å². The summed E-state index contributed by atoms with van der Waals surface area (Å²) in [5.41, 5.74) is 11.6. The van der Waals surface area contributed by atoms with Crippen LogP contribution in [0.4, 0.5) is 0 Å². The van der Waals surface area contributed by atoms with E-state index < -0.39 is 0 Å². The summed E-state index contributed by atoms with van der Waals surface area (Å²) in [7, 11) is 0. The first-order valence-electron chi connectivity index (χ1n) is 9.73. The van der Waals surface area contributed by atoms with E-state index in [1.54, 1.807) is 0 Å². The van der Waals surface area contributed by atoms with E-state index in [1.165, 1.54) is 27.8 Å². The topological polar surface area (TPSA) is 12.4 Å². The van der Waals surface area contributed by atoms with E-state index in [4.69, 9.17) is 0 Å². The SMILES string of the molecule is C/C=N\C(=C=C1C=C(C)C(CC)=CC1)Cc1cccc(CC(C)(C)C)c1. The predicted octanol–water partition coefficient (Wildman–Crippen LogP) is 7.00. The molecular weight excluding hydrogens is 314 g/mol. The Morgan fingerprint density at radius 1 is 1.23 bits per heavy atom. The van der Waals surface area contributed by atoms with Gasteiger partial charge in [-0.15, -0.1) is 0 Å². The first-order valence-corrected chi connectivity index (χ1v) is 9.73. The molecule has 0 aromatic heterocycles. The Morgan fingerprint density at radius 2 is 1.96 bits per heavy atom. The monoisotopic (exact) mass is 347 g/mol. The molecule has 0 atom stereocenters. The van der Waals surface area contributed by atoms with Gasteiger partial charge in [0.25, 0.3) is 0 Å². The summed E-state index contributed by atoms with van der Waals surface area (Å²) < 4.78 is 0. The maximum Gasteiger partial charge on any atom is 0.0863 e. The molecule has 0 amide bonds. The summed E-state index contributed by atoms with van der Waals surface area (Å²) in [5, 5.41) is 0. The fourth-order valence-corrected chi connectivity index (χ4v) is 3.44. The summed E-state index contributed by atoms with van der Waals surface area (Å²) in [6, 6.07) is 8.91. The minimum absolute atomic E-state index is 0.300. The highest BCUT2D eigenvalue weighted by molar-refractivity contribution is 5.55. The summed E-state index contributed by atoms with van der Waals surface area (Å²) in [4.78, 5) is 4.59. The number of aliphatic imine (C=N–C) groups is 1. The van der Waals surface area contributed by atoms with Crippen LogP contribution in [0.25, 0.3) is 0 Å². The number of nitrogens with zero attached hydrogens (tertiary/aromatic N) is 1. The van der Waals surface area contributed by atoms with Crippen LogP contribution in [0.15, 0.2) is 69.6 Å². The van der Waals surface area contributed by atoms with Gasteiger partial charge in [0.1, 0.15) is 0 Å². The van der Waals surface area contributed by atoms with Crippen LogP contribution in [-0.2, 0) is 12.8 Å². The van der Waals surface area contributed by atoms with E-state index in [0.717, 1.165) is 31.4 Å². The van der Waals surface area contributed by atoms with Crippen LogP contribution in [0.2, 0.25) is 0 Å². The van der Waals surface area contributed by atoms with Gasteiger partial charge >= 0.3 is 0 Å². The number of rotatable bonds is 5. The molecule has 1 aromatic carbocycles. The maximum atomic E-state index is 4.59. The molecule has 1 heteroatoms. The van der Waals surface area contributed by atoms with E-state index >= 15 is 0 Å². The third kappa shape index (κ3) is 6.32. The van der Waals surface area contributed by atoms with Crippen molar-refractivity contribution in [1.82, 2.24) is 0 Å². The van der Waals surface area contributed by atoms with Crippen molar-refractivity contribution < 1.29 is 0 Å². The number of hydrogen-bond donors (Lipinski definition) is 0. The van der Waals surface area contributed by atoms with E-state index in [0.29, 0.717) is 5.41 Å². The summed E-state index contributed by atoms with van der Waals surface area (Å²) in [6.45, 7) is 13.2. The second kappa shape index (κ2) is 9.01. The predicted molar refractivity (Wildman–Crippen MR) is 115 cm³/mol. The van der Waals surface area contributed by atoms with E-state index in [2.05, 4.69) is 81.8 Å². The number of hydrogen-bond acceptors (Lipinski definition) is 1. The van der Waals surface area contributed by atoms with Gasteiger partial charge in [0.05, 0.1) is 5.70 Å². The van der Waals surface area contributed by atoms with Gasteiger partial charge in [-0.25, -0.2) is 0 Å². The summed E-state index contributed by atoms with van der Waals surface area (Å²) in [6.07, 6.45) is 10.4. The molecule has 0 saturated carbocycles. The highest BCUT2D eigenvalue weighted by atomic mass is 14.7. The Kier molecular flexibility index (Phi) is 7.00. The summed E-state index contributed by atoms with van der Waals surface area (Å²) >= 11 is 0. The fraction of sp³-hybridized carbons (Fsp3) is 0.440. The molecular formula is C25H33N. The van der Waals surface area contributed by atoms with Crippen LogP contribution >= 0.6 is 0 Å². The Hall–Kier alpha value is -2.11. The number of allylic oxidation sites excluding steroid dienone is 5. The zero-order valence-corrected chi connectivity index (χ0v) is 17.3. The second-order valence-corrected chi connectivity index (χ2v) is 8.33. The van der Waals surface area contributed by atoms with Crippen molar-refractivity contribution in [2.45, 2.75) is 67.2 Å². The van der Waals surface area contributed by atoms with Crippen molar-refractivity contribution in [1.29, 1.82) is 0 Å². The van der Waals surface area contributed by atoms with E-state index in [-0.39, 0.29) is 0 Å². The van der Waals surface area contributed by atoms with Gasteiger partial charge in [-0.2, -0.15) is 0 Å². The normalized spacial score (nSPS) is 14.9. The van der Waals surface area contributed by atoms with Crippen LogP contribution < -0.4 is 0 Å².